The van der Waals surface area contributed by atoms with Crippen LogP contribution in [0, 0.1) is 0 Å². The summed E-state index contributed by atoms with van der Waals surface area (Å²) in [5.74, 6) is -0.742. The third-order valence-corrected chi connectivity index (χ3v) is 2.68. The van der Waals surface area contributed by atoms with Crippen molar-refractivity contribution in [3.05, 3.63) is 30.1 Å². The van der Waals surface area contributed by atoms with Crippen molar-refractivity contribution >= 4 is 17.0 Å². The van der Waals surface area contributed by atoms with Crippen molar-refractivity contribution in [2.75, 3.05) is 0 Å². The topological polar surface area (TPSA) is 55.1 Å². The van der Waals surface area contributed by atoms with Crippen molar-refractivity contribution in [3.63, 3.8) is 0 Å². The van der Waals surface area contributed by atoms with Crippen LogP contribution in [-0.4, -0.2) is 20.6 Å². The third-order valence-electron chi connectivity index (χ3n) is 2.68. The molecule has 0 aliphatic carbocycles. The number of aliphatic carboxylic acids is 1. The number of hydrogen-bond acceptors (Lipinski definition) is 2. The van der Waals surface area contributed by atoms with Crippen LogP contribution >= 0.6 is 0 Å². The molecule has 0 unspecified atom stereocenters. The Kier molecular flexibility index (Phi) is 2.90. The molecule has 0 aliphatic heterocycles. The van der Waals surface area contributed by atoms with Gasteiger partial charge in [0.1, 0.15) is 0 Å². The van der Waals surface area contributed by atoms with Crippen LogP contribution in [0.5, 0.6) is 0 Å². The molecule has 2 aromatic rings. The minimum absolute atomic E-state index is 0.212. The molecule has 1 aromatic heterocycles. The lowest BCUT2D eigenvalue weighted by molar-refractivity contribution is -0.137. The van der Waals surface area contributed by atoms with E-state index < -0.39 is 5.97 Å². The molecule has 2 rings (SSSR count). The molecule has 84 valence electrons. The number of imidazole rings is 1. The van der Waals surface area contributed by atoms with E-state index in [9.17, 15) is 4.79 Å². The van der Waals surface area contributed by atoms with Gasteiger partial charge in [-0.2, -0.15) is 0 Å². The van der Waals surface area contributed by atoms with Crippen LogP contribution in [0.3, 0.4) is 0 Å². The van der Waals surface area contributed by atoms with Gasteiger partial charge in [-0.1, -0.05) is 12.1 Å². The predicted molar refractivity (Wildman–Crippen MR) is 61.3 cm³/mol. The Hall–Kier alpha value is -1.84. The maximum atomic E-state index is 10.4. The van der Waals surface area contributed by atoms with Crippen molar-refractivity contribution in [2.45, 2.75) is 19.3 Å². The van der Waals surface area contributed by atoms with Gasteiger partial charge in [-0.05, 0) is 24.5 Å². The van der Waals surface area contributed by atoms with E-state index >= 15 is 0 Å². The number of para-hydroxylation sites is 1. The van der Waals surface area contributed by atoms with E-state index in [2.05, 4.69) is 4.98 Å². The lowest BCUT2D eigenvalue weighted by Crippen LogP contribution is -1.96. The van der Waals surface area contributed by atoms with E-state index in [1.54, 1.807) is 6.33 Å². The van der Waals surface area contributed by atoms with Gasteiger partial charge < -0.3 is 9.67 Å². The Morgan fingerprint density at radius 2 is 2.31 bits per heavy atom. The van der Waals surface area contributed by atoms with Crippen LogP contribution in [-0.2, 0) is 18.3 Å². The fourth-order valence-electron chi connectivity index (χ4n) is 1.85. The van der Waals surface area contributed by atoms with Crippen molar-refractivity contribution in [3.8, 4) is 0 Å². The van der Waals surface area contributed by atoms with Gasteiger partial charge in [0, 0.05) is 13.5 Å². The van der Waals surface area contributed by atoms with Crippen molar-refractivity contribution in [1.29, 1.82) is 0 Å². The van der Waals surface area contributed by atoms with E-state index in [0.717, 1.165) is 23.0 Å². The lowest BCUT2D eigenvalue weighted by atomic mass is 10.1. The van der Waals surface area contributed by atoms with Crippen molar-refractivity contribution in [1.82, 2.24) is 9.55 Å². The Morgan fingerprint density at radius 1 is 1.50 bits per heavy atom. The quantitative estimate of drug-likeness (QED) is 0.853. The summed E-state index contributed by atoms with van der Waals surface area (Å²) in [6, 6.07) is 6.01. The summed E-state index contributed by atoms with van der Waals surface area (Å²) >= 11 is 0. The number of carboxylic acid groups (broad SMARTS) is 1. The molecule has 1 heterocycles. The van der Waals surface area contributed by atoms with Gasteiger partial charge in [0.2, 0.25) is 0 Å². The molecule has 4 nitrogen and oxygen atoms in total. The molecule has 1 aromatic carbocycles. The summed E-state index contributed by atoms with van der Waals surface area (Å²) in [7, 11) is 1.95. The fraction of sp³-hybridized carbons (Fsp3) is 0.333. The zero-order valence-electron chi connectivity index (χ0n) is 9.18. The first-order valence-electron chi connectivity index (χ1n) is 5.29. The van der Waals surface area contributed by atoms with Crippen LogP contribution in [0.1, 0.15) is 18.4 Å². The highest BCUT2D eigenvalue weighted by Gasteiger charge is 2.05. The number of fused-ring (bicyclic) bond motifs is 1. The Balaban J connectivity index is 2.20. The standard InChI is InChI=1S/C12H14N2O2/c1-14-8-13-12-9(4-2-6-10(12)14)5-3-7-11(15)16/h2,4,6,8H,3,5,7H2,1H3,(H,15,16). The molecule has 0 amide bonds. The summed E-state index contributed by atoms with van der Waals surface area (Å²) in [5, 5.41) is 8.59. The second-order valence-electron chi connectivity index (χ2n) is 3.89. The first-order valence-corrected chi connectivity index (χ1v) is 5.29. The van der Waals surface area contributed by atoms with Gasteiger partial charge in [0.15, 0.2) is 0 Å². The van der Waals surface area contributed by atoms with E-state index in [0.29, 0.717) is 6.42 Å². The third kappa shape index (κ3) is 2.05. The molecule has 0 fully saturated rings. The van der Waals surface area contributed by atoms with Crippen molar-refractivity contribution < 1.29 is 9.90 Å². The second kappa shape index (κ2) is 4.35. The number of hydrogen-bond donors (Lipinski definition) is 1. The number of nitrogens with zero attached hydrogens (tertiary/aromatic N) is 2. The number of carbonyl (C=O) groups is 1. The summed E-state index contributed by atoms with van der Waals surface area (Å²) in [6.07, 6.45) is 3.42. The maximum Gasteiger partial charge on any atom is 0.303 e. The molecule has 0 radical (unpaired) electrons. The summed E-state index contributed by atoms with van der Waals surface area (Å²) in [4.78, 5) is 14.8. The molecule has 16 heavy (non-hydrogen) atoms. The zero-order chi connectivity index (χ0) is 11.5. The molecular formula is C12H14N2O2. The summed E-state index contributed by atoms with van der Waals surface area (Å²) in [5.41, 5.74) is 3.20. The first-order chi connectivity index (χ1) is 7.68. The van der Waals surface area contributed by atoms with Gasteiger partial charge in [-0.3, -0.25) is 4.79 Å². The summed E-state index contributed by atoms with van der Waals surface area (Å²) in [6.45, 7) is 0. The van der Waals surface area contributed by atoms with E-state index in [-0.39, 0.29) is 6.42 Å². The smallest absolute Gasteiger partial charge is 0.303 e. The highest BCUT2D eigenvalue weighted by atomic mass is 16.4. The maximum absolute atomic E-state index is 10.4. The molecule has 0 atom stereocenters. The van der Waals surface area contributed by atoms with E-state index in [1.807, 2.05) is 29.8 Å². The normalized spacial score (nSPS) is 10.8. The monoisotopic (exact) mass is 218 g/mol. The second-order valence-corrected chi connectivity index (χ2v) is 3.89. The Labute approximate surface area is 93.5 Å². The molecule has 0 saturated carbocycles. The van der Waals surface area contributed by atoms with Gasteiger partial charge >= 0.3 is 5.97 Å². The SMILES string of the molecule is Cn1cnc2c(CCCC(=O)O)cccc21. The van der Waals surface area contributed by atoms with Gasteiger partial charge in [-0.15, -0.1) is 0 Å². The number of benzene rings is 1. The first kappa shape index (κ1) is 10.7. The number of aryl methyl sites for hydroxylation is 2. The van der Waals surface area contributed by atoms with E-state index in [4.69, 9.17) is 5.11 Å². The highest BCUT2D eigenvalue weighted by molar-refractivity contribution is 5.79. The Bertz CT molecular complexity index is 517. The molecule has 0 spiro atoms. The van der Waals surface area contributed by atoms with Crippen LogP contribution in [0.15, 0.2) is 24.5 Å². The van der Waals surface area contributed by atoms with Gasteiger partial charge in [0.05, 0.1) is 17.4 Å². The number of aromatic nitrogens is 2. The minimum Gasteiger partial charge on any atom is -0.481 e. The number of carboxylic acids is 1. The largest absolute Gasteiger partial charge is 0.481 e. The van der Waals surface area contributed by atoms with E-state index in [1.165, 1.54) is 0 Å². The zero-order valence-corrected chi connectivity index (χ0v) is 9.18. The van der Waals surface area contributed by atoms with Gasteiger partial charge in [-0.25, -0.2) is 4.98 Å². The van der Waals surface area contributed by atoms with Crippen LogP contribution in [0.2, 0.25) is 0 Å². The molecule has 0 aliphatic rings. The van der Waals surface area contributed by atoms with Crippen LogP contribution in [0.4, 0.5) is 0 Å². The summed E-state index contributed by atoms with van der Waals surface area (Å²) < 4.78 is 1.97. The average molecular weight is 218 g/mol. The molecular weight excluding hydrogens is 204 g/mol. The molecule has 0 bridgehead atoms. The van der Waals surface area contributed by atoms with Gasteiger partial charge in [0.25, 0.3) is 0 Å². The molecule has 0 saturated heterocycles. The van der Waals surface area contributed by atoms with Crippen LogP contribution < -0.4 is 0 Å². The molecule has 1 N–H and O–H groups in total. The lowest BCUT2D eigenvalue weighted by Gasteiger charge is -2.01. The van der Waals surface area contributed by atoms with Crippen LogP contribution in [0.25, 0.3) is 11.0 Å². The highest BCUT2D eigenvalue weighted by Crippen LogP contribution is 2.18. The minimum atomic E-state index is -0.742. The predicted octanol–water partition coefficient (Wildman–Crippen LogP) is 1.98. The average Bonchev–Trinajstić information content (AvgIpc) is 2.61. The van der Waals surface area contributed by atoms with Crippen molar-refractivity contribution in [2.24, 2.45) is 7.05 Å². The Morgan fingerprint density at radius 3 is 3.06 bits per heavy atom. The fourth-order valence-corrected chi connectivity index (χ4v) is 1.85. The number of rotatable bonds is 4. The molecule has 4 heteroatoms.